The number of ether oxygens (including phenoxy) is 1. The van der Waals surface area contributed by atoms with Gasteiger partial charge in [0.25, 0.3) is 5.91 Å². The summed E-state index contributed by atoms with van der Waals surface area (Å²) in [4.78, 5) is 33.4. The first-order valence-corrected chi connectivity index (χ1v) is 15.0. The van der Waals surface area contributed by atoms with Crippen LogP contribution in [0, 0.1) is 0 Å². The molecule has 6 rings (SSSR count). The lowest BCUT2D eigenvalue weighted by Crippen LogP contribution is -2.24. The van der Waals surface area contributed by atoms with Crippen molar-refractivity contribution in [1.82, 2.24) is 9.55 Å². The second kappa shape index (κ2) is 11.3. The van der Waals surface area contributed by atoms with Crippen molar-refractivity contribution in [2.24, 2.45) is 0 Å². The fraction of sp³-hybridized carbons (Fsp3) is 0.250. The van der Waals surface area contributed by atoms with Crippen LogP contribution in [0.1, 0.15) is 71.8 Å². The Balaban J connectivity index is 1.43. The van der Waals surface area contributed by atoms with E-state index in [4.69, 9.17) is 21.3 Å². The average molecular weight is 592 g/mol. The van der Waals surface area contributed by atoms with Crippen LogP contribution in [0.3, 0.4) is 0 Å². The van der Waals surface area contributed by atoms with E-state index in [2.05, 4.69) is 11.5 Å². The summed E-state index contributed by atoms with van der Waals surface area (Å²) in [5, 5.41) is 0.501. The Morgan fingerprint density at radius 2 is 1.70 bits per heavy atom. The molecule has 218 valence electrons. The Bertz CT molecular complexity index is 1850. The molecule has 4 aromatic carbocycles. The summed E-state index contributed by atoms with van der Waals surface area (Å²) < 4.78 is 7.97. The van der Waals surface area contributed by atoms with Crippen molar-refractivity contribution in [3.63, 3.8) is 0 Å². The molecule has 43 heavy (non-hydrogen) atoms. The highest BCUT2D eigenvalue weighted by molar-refractivity contribution is 6.35. The number of benzene rings is 4. The molecule has 0 bridgehead atoms. The molecule has 0 aliphatic carbocycles. The van der Waals surface area contributed by atoms with E-state index in [1.54, 1.807) is 4.90 Å². The molecule has 0 saturated heterocycles. The van der Waals surface area contributed by atoms with Gasteiger partial charge < -0.3 is 14.2 Å². The number of esters is 1. The maximum absolute atomic E-state index is 13.5. The molecule has 0 fully saturated rings. The van der Waals surface area contributed by atoms with Gasteiger partial charge in [0.15, 0.2) is 0 Å². The van der Waals surface area contributed by atoms with Gasteiger partial charge in [-0.05, 0) is 73.7 Å². The topological polar surface area (TPSA) is 64.4 Å². The minimum absolute atomic E-state index is 0.0376. The smallest absolute Gasteiger partial charge is 0.339 e. The van der Waals surface area contributed by atoms with Crippen molar-refractivity contribution in [2.45, 2.75) is 59.2 Å². The van der Waals surface area contributed by atoms with Crippen LogP contribution in [0.4, 0.5) is 5.69 Å². The van der Waals surface area contributed by atoms with Crippen molar-refractivity contribution >= 4 is 40.2 Å². The van der Waals surface area contributed by atoms with E-state index >= 15 is 0 Å². The Kier molecular flexibility index (Phi) is 7.57. The third-order valence-corrected chi connectivity index (χ3v) is 7.89. The molecule has 0 unspecified atom stereocenters. The Hall–Kier alpha value is -4.42. The Morgan fingerprint density at radius 3 is 2.42 bits per heavy atom. The largest absolute Gasteiger partial charge is 0.456 e. The van der Waals surface area contributed by atoms with Gasteiger partial charge >= 0.3 is 5.97 Å². The number of nitrogens with zero attached hydrogens (tertiary/aromatic N) is 3. The molecular formula is C36H34ClN3O3. The molecule has 6 nitrogen and oxygen atoms in total. The number of hydrogen-bond donors (Lipinski definition) is 0. The summed E-state index contributed by atoms with van der Waals surface area (Å²) in [6.45, 7) is 8.70. The molecule has 0 radical (unpaired) electrons. The van der Waals surface area contributed by atoms with Crippen LogP contribution in [-0.2, 0) is 24.2 Å². The number of amides is 1. The van der Waals surface area contributed by atoms with Gasteiger partial charge in [-0.2, -0.15) is 0 Å². The first-order chi connectivity index (χ1) is 20.6. The van der Waals surface area contributed by atoms with Gasteiger partial charge in [-0.3, -0.25) is 4.79 Å². The molecule has 2 heterocycles. The second-order valence-electron chi connectivity index (χ2n) is 12.0. The minimum Gasteiger partial charge on any atom is -0.456 e. The molecular weight excluding hydrogens is 558 g/mol. The van der Waals surface area contributed by atoms with Gasteiger partial charge in [-0.1, -0.05) is 79.2 Å². The van der Waals surface area contributed by atoms with E-state index in [-0.39, 0.29) is 11.9 Å². The number of aromatic nitrogens is 2. The molecule has 0 N–H and O–H groups in total. The predicted octanol–water partition coefficient (Wildman–Crippen LogP) is 8.47. The fourth-order valence-corrected chi connectivity index (χ4v) is 5.92. The first kappa shape index (κ1) is 28.7. The molecule has 1 aromatic heterocycles. The van der Waals surface area contributed by atoms with Gasteiger partial charge in [0.1, 0.15) is 16.9 Å². The van der Waals surface area contributed by atoms with Gasteiger partial charge in [0, 0.05) is 24.2 Å². The highest BCUT2D eigenvalue weighted by Crippen LogP contribution is 2.35. The molecule has 0 spiro atoms. The third-order valence-electron chi connectivity index (χ3n) is 7.61. The third kappa shape index (κ3) is 5.67. The van der Waals surface area contributed by atoms with Crippen LogP contribution in [0.15, 0.2) is 84.9 Å². The highest BCUT2D eigenvalue weighted by atomic mass is 35.5. The number of hydrogen-bond acceptors (Lipinski definition) is 4. The number of carbonyl (C=O) groups excluding carboxylic acids is 2. The van der Waals surface area contributed by atoms with E-state index in [9.17, 15) is 9.59 Å². The molecule has 1 amide bonds. The summed E-state index contributed by atoms with van der Waals surface area (Å²) in [6.07, 6.45) is 1.67. The highest BCUT2D eigenvalue weighted by Gasteiger charge is 2.29. The monoisotopic (exact) mass is 591 g/mol. The maximum atomic E-state index is 13.5. The van der Waals surface area contributed by atoms with Crippen LogP contribution in [0.2, 0.25) is 5.02 Å². The lowest BCUT2D eigenvalue weighted by molar-refractivity contribution is 0.00702. The average Bonchev–Trinajstić information content (AvgIpc) is 3.50. The predicted molar refractivity (Wildman–Crippen MR) is 172 cm³/mol. The standard InChI is InChI=1S/C36H34ClN3O3/c1-5-11-32-38-33-30(37)19-26(39-22-25-14-9-10-15-28(25)34(39)41)20-31(33)40(32)21-23-16-17-27(24-12-7-6-8-13-24)29(18-23)35(42)43-36(2,3)4/h6-10,12-20H,5,11,21-22H2,1-4H3. The van der Waals surface area contributed by atoms with Gasteiger partial charge in [0.05, 0.1) is 22.6 Å². The van der Waals surface area contributed by atoms with E-state index in [1.807, 2.05) is 106 Å². The number of aryl methyl sites for hydroxylation is 1. The number of carbonyl (C=O) groups is 2. The number of anilines is 1. The molecule has 1 aliphatic rings. The summed E-state index contributed by atoms with van der Waals surface area (Å²) in [7, 11) is 0. The van der Waals surface area contributed by atoms with Crippen molar-refractivity contribution in [3.05, 3.63) is 118 Å². The minimum atomic E-state index is -0.629. The van der Waals surface area contributed by atoms with E-state index in [1.165, 1.54) is 0 Å². The Labute approximate surface area is 256 Å². The first-order valence-electron chi connectivity index (χ1n) is 14.6. The number of fused-ring (bicyclic) bond motifs is 2. The second-order valence-corrected chi connectivity index (χ2v) is 12.4. The zero-order valence-electron chi connectivity index (χ0n) is 24.9. The summed E-state index contributed by atoms with van der Waals surface area (Å²) in [5.41, 5.74) is 6.58. The van der Waals surface area contributed by atoms with Crippen molar-refractivity contribution in [1.29, 1.82) is 0 Å². The zero-order chi connectivity index (χ0) is 30.3. The van der Waals surface area contributed by atoms with Crippen LogP contribution in [0.5, 0.6) is 0 Å². The maximum Gasteiger partial charge on any atom is 0.339 e. The van der Waals surface area contributed by atoms with Gasteiger partial charge in [-0.15, -0.1) is 0 Å². The zero-order valence-corrected chi connectivity index (χ0v) is 25.6. The van der Waals surface area contributed by atoms with Crippen molar-refractivity contribution < 1.29 is 14.3 Å². The van der Waals surface area contributed by atoms with Crippen LogP contribution in [0.25, 0.3) is 22.2 Å². The summed E-state index contributed by atoms with van der Waals surface area (Å²) >= 11 is 6.83. The van der Waals surface area contributed by atoms with Crippen LogP contribution < -0.4 is 4.90 Å². The molecule has 1 aliphatic heterocycles. The molecule has 5 aromatic rings. The Morgan fingerprint density at radius 1 is 0.953 bits per heavy atom. The summed E-state index contributed by atoms with van der Waals surface area (Å²) in [6, 6.07) is 27.3. The van der Waals surface area contributed by atoms with Crippen LogP contribution >= 0.6 is 11.6 Å². The van der Waals surface area contributed by atoms with Crippen molar-refractivity contribution in [2.75, 3.05) is 4.90 Å². The number of rotatable bonds is 7. The lowest BCUT2D eigenvalue weighted by atomic mass is 9.97. The lowest BCUT2D eigenvalue weighted by Gasteiger charge is -2.21. The van der Waals surface area contributed by atoms with Crippen molar-refractivity contribution in [3.8, 4) is 11.1 Å². The molecule has 0 atom stereocenters. The summed E-state index contributed by atoms with van der Waals surface area (Å²) in [5.74, 6) is 0.498. The van der Waals surface area contributed by atoms with Gasteiger partial charge in [-0.25, -0.2) is 9.78 Å². The molecule has 7 heteroatoms. The van der Waals surface area contributed by atoms with E-state index in [0.29, 0.717) is 34.8 Å². The van der Waals surface area contributed by atoms with Crippen LogP contribution in [-0.4, -0.2) is 27.0 Å². The SMILES string of the molecule is CCCc1nc2c(Cl)cc(N3Cc4ccccc4C3=O)cc2n1Cc1ccc(-c2ccccc2)c(C(=O)OC(C)(C)C)c1. The fourth-order valence-electron chi connectivity index (χ4n) is 5.67. The number of imidazole rings is 1. The van der Waals surface area contributed by atoms with E-state index in [0.717, 1.165) is 52.1 Å². The normalized spacial score (nSPS) is 13.0. The number of halogens is 1. The van der Waals surface area contributed by atoms with E-state index < -0.39 is 5.60 Å². The molecule has 0 saturated carbocycles. The van der Waals surface area contributed by atoms with Gasteiger partial charge in [0.2, 0.25) is 0 Å². The quantitative estimate of drug-likeness (QED) is 0.178.